The van der Waals surface area contributed by atoms with Crippen LogP contribution in [0, 0.1) is 0 Å². The first-order valence-electron chi connectivity index (χ1n) is 19.7. The molecule has 3 unspecified atom stereocenters. The Morgan fingerprint density at radius 3 is 2.38 bits per heavy atom. The fraction of sp³-hybridized carbons (Fsp3) is 0.600. The number of cyclic esters (lactones) is 1. The lowest BCUT2D eigenvalue weighted by atomic mass is 9.99. The lowest BCUT2D eigenvalue weighted by Crippen LogP contribution is -2.36. The number of unbranched alkanes of at least 4 members (excludes halogenated alkanes) is 5. The second kappa shape index (κ2) is 21.4. The van der Waals surface area contributed by atoms with Crippen LogP contribution in [0.1, 0.15) is 106 Å². The minimum atomic E-state index is -0.837. The summed E-state index contributed by atoms with van der Waals surface area (Å²) in [4.78, 5) is 75.0. The third-order valence-corrected chi connectivity index (χ3v) is 12.1. The van der Waals surface area contributed by atoms with Gasteiger partial charge in [0.1, 0.15) is 29.3 Å². The van der Waals surface area contributed by atoms with Gasteiger partial charge in [-0.25, -0.2) is 9.59 Å². The molecule has 0 aromatic heterocycles. The molecule has 16 heteroatoms. The first-order valence-corrected chi connectivity index (χ1v) is 21.1. The van der Waals surface area contributed by atoms with E-state index < -0.39 is 29.6 Å². The topological polar surface area (TPSA) is 202 Å². The van der Waals surface area contributed by atoms with Crippen LogP contribution in [0.2, 0.25) is 5.02 Å². The number of fused-ring (bicyclic) bond motifs is 3. The molecule has 306 valence electrons. The van der Waals surface area contributed by atoms with E-state index in [-0.39, 0.29) is 76.9 Å². The average molecular weight is 817 g/mol. The number of rotatable bonds is 18. The van der Waals surface area contributed by atoms with Gasteiger partial charge in [-0.15, -0.1) is 0 Å². The van der Waals surface area contributed by atoms with Gasteiger partial charge in [-0.2, -0.15) is 11.8 Å². The monoisotopic (exact) mass is 816 g/mol. The molecule has 14 nitrogen and oxygen atoms in total. The van der Waals surface area contributed by atoms with Crippen molar-refractivity contribution >= 4 is 58.9 Å². The molecule has 1 aromatic carbocycles. The third kappa shape index (κ3) is 13.3. The van der Waals surface area contributed by atoms with E-state index in [0.29, 0.717) is 63.3 Å². The number of aromatic hydroxyl groups is 1. The average Bonchev–Trinajstić information content (AvgIpc) is 3.61. The minimum Gasteiger partial charge on any atom is -0.506 e. The molecule has 5 rings (SSSR count). The zero-order valence-corrected chi connectivity index (χ0v) is 33.4. The maximum Gasteiger partial charge on any atom is 0.342 e. The number of nitrogens with one attached hydrogen (secondary N) is 4. The Morgan fingerprint density at radius 1 is 0.946 bits per heavy atom. The molecule has 3 fully saturated rings. The Morgan fingerprint density at radius 2 is 1.64 bits per heavy atom. The number of hydrogen-bond acceptors (Lipinski definition) is 11. The van der Waals surface area contributed by atoms with Gasteiger partial charge < -0.3 is 40.6 Å². The number of carbonyl (C=O) groups is 6. The zero-order chi connectivity index (χ0) is 40.0. The molecule has 4 amide bonds. The fourth-order valence-corrected chi connectivity index (χ4v) is 8.84. The summed E-state index contributed by atoms with van der Waals surface area (Å²) in [5.74, 6) is -1.63. The Bertz CT molecular complexity index is 1670. The molecule has 3 saturated heterocycles. The summed E-state index contributed by atoms with van der Waals surface area (Å²) < 4.78 is 16.8. The van der Waals surface area contributed by atoms with Crippen LogP contribution in [0.5, 0.6) is 11.5 Å². The van der Waals surface area contributed by atoms with Crippen molar-refractivity contribution in [3.63, 3.8) is 0 Å². The van der Waals surface area contributed by atoms with Crippen LogP contribution in [0.15, 0.2) is 30.4 Å². The van der Waals surface area contributed by atoms with Gasteiger partial charge in [0.15, 0.2) is 5.78 Å². The van der Waals surface area contributed by atoms with Crippen LogP contribution in [0.4, 0.5) is 4.79 Å². The molecule has 4 heterocycles. The molecule has 5 N–H and O–H groups in total. The van der Waals surface area contributed by atoms with Gasteiger partial charge in [0.25, 0.3) is 0 Å². The highest BCUT2D eigenvalue weighted by Gasteiger charge is 2.42. The summed E-state index contributed by atoms with van der Waals surface area (Å²) >= 11 is 8.25. The van der Waals surface area contributed by atoms with Gasteiger partial charge in [0.05, 0.1) is 23.2 Å². The van der Waals surface area contributed by atoms with Crippen LogP contribution >= 0.6 is 23.4 Å². The van der Waals surface area contributed by atoms with Crippen molar-refractivity contribution in [2.24, 2.45) is 0 Å². The highest BCUT2D eigenvalue weighted by atomic mass is 35.5. The van der Waals surface area contributed by atoms with Gasteiger partial charge in [0, 0.05) is 67.8 Å². The summed E-state index contributed by atoms with van der Waals surface area (Å²) in [5.41, 5.74) is -0.192. The number of esters is 2. The number of amides is 4. The molecular formula is C40H53ClN4O10S. The molecular weight excluding hydrogens is 764 g/mol. The molecule has 56 heavy (non-hydrogen) atoms. The van der Waals surface area contributed by atoms with Crippen molar-refractivity contribution in [1.82, 2.24) is 21.3 Å². The Hall–Kier alpha value is -4.08. The number of hydrogen-bond donors (Lipinski definition) is 5. The Labute approximate surface area is 336 Å². The maximum atomic E-state index is 13.4. The summed E-state index contributed by atoms with van der Waals surface area (Å²) in [7, 11) is 0. The van der Waals surface area contributed by atoms with E-state index >= 15 is 0 Å². The number of benzene rings is 1. The number of allylic oxidation sites excluding steroid dienone is 3. The largest absolute Gasteiger partial charge is 0.506 e. The number of carbonyl (C=O) groups excluding carboxylic acids is 6. The van der Waals surface area contributed by atoms with E-state index in [2.05, 4.69) is 21.3 Å². The lowest BCUT2D eigenvalue weighted by Gasteiger charge is -2.18. The van der Waals surface area contributed by atoms with Crippen LogP contribution in [0.3, 0.4) is 0 Å². The first-order chi connectivity index (χ1) is 27.0. The quantitative estimate of drug-likeness (QED) is 0.0441. The van der Waals surface area contributed by atoms with E-state index in [4.69, 9.17) is 25.8 Å². The molecule has 6 atom stereocenters. The summed E-state index contributed by atoms with van der Waals surface area (Å²) in [6, 6.07) is 1.41. The molecule has 0 radical (unpaired) electrons. The van der Waals surface area contributed by atoms with Gasteiger partial charge in [0.2, 0.25) is 11.8 Å². The summed E-state index contributed by atoms with van der Waals surface area (Å²) in [5, 5.41) is 22.5. The highest BCUT2D eigenvalue weighted by Crippen LogP contribution is 2.39. The van der Waals surface area contributed by atoms with Crippen molar-refractivity contribution in [3.8, 4) is 11.5 Å². The van der Waals surface area contributed by atoms with E-state index in [0.717, 1.165) is 43.9 Å². The molecule has 0 saturated carbocycles. The van der Waals surface area contributed by atoms with E-state index in [1.807, 2.05) is 17.8 Å². The molecule has 0 aliphatic carbocycles. The number of halogens is 1. The molecule has 0 bridgehead atoms. The number of phenols is 1. The standard InChI is InChI=1S/C40H53ClN4O10S/c1-24-20-30-29(54-30)13-7-6-12-25(46)21-26-36(39(51)53-24)31(22-28(47)37(26)41)55-35(50)17-5-3-11-19-42-33(48)15-4-2-10-18-43-34(49)16-9-8-14-32-38-27(23-56-32)44-40(52)45-38/h6-7,12-13,22,24,27,29-30,32,38,47H,2-5,8-11,14-21,23H2,1H3,(H,42,48)(H,43,49)(H2,44,45,52)/b12-6+,13-7+/t24-,27?,29-,30-,32?,38?/m1/s1. The van der Waals surface area contributed by atoms with Crippen molar-refractivity contribution in [3.05, 3.63) is 46.5 Å². The van der Waals surface area contributed by atoms with Gasteiger partial charge in [-0.05, 0) is 51.5 Å². The minimum absolute atomic E-state index is 0.000595. The lowest BCUT2D eigenvalue weighted by molar-refractivity contribution is -0.134. The number of urea groups is 1. The SMILES string of the molecule is C[C@@H]1C[C@H]2O[C@@H]2/C=C/C=C/C(=O)Cc2c(Cl)c(O)cc(OC(=O)CCCCCNC(=O)CCCCCNC(=O)CCCCC3SCC4NC(=O)NC43)c2C(=O)O1. The Balaban J connectivity index is 0.928. The van der Waals surface area contributed by atoms with E-state index in [1.54, 1.807) is 19.1 Å². The number of ether oxygens (including phenoxy) is 3. The van der Waals surface area contributed by atoms with E-state index in [9.17, 15) is 33.9 Å². The zero-order valence-electron chi connectivity index (χ0n) is 31.8. The van der Waals surface area contributed by atoms with Crippen LogP contribution in [-0.2, 0) is 35.1 Å². The highest BCUT2D eigenvalue weighted by molar-refractivity contribution is 8.00. The Kier molecular flexibility index (Phi) is 16.5. The number of ketones is 1. The van der Waals surface area contributed by atoms with Crippen molar-refractivity contribution in [2.45, 2.75) is 132 Å². The van der Waals surface area contributed by atoms with Crippen molar-refractivity contribution < 1.29 is 48.1 Å². The van der Waals surface area contributed by atoms with Crippen LogP contribution in [0.25, 0.3) is 0 Å². The van der Waals surface area contributed by atoms with Crippen molar-refractivity contribution in [2.75, 3.05) is 18.8 Å². The smallest absolute Gasteiger partial charge is 0.342 e. The molecule has 4 aliphatic heterocycles. The molecule has 1 aromatic rings. The van der Waals surface area contributed by atoms with E-state index in [1.165, 1.54) is 6.08 Å². The summed E-state index contributed by atoms with van der Waals surface area (Å²) in [6.45, 7) is 2.76. The first kappa shape index (κ1) is 43.1. The predicted molar refractivity (Wildman–Crippen MR) is 211 cm³/mol. The third-order valence-electron chi connectivity index (χ3n) is 10.1. The normalized spacial score (nSPS) is 25.3. The number of phenolic OH excluding ortho intramolecular Hbond substituents is 1. The molecule has 4 aliphatic rings. The van der Waals surface area contributed by atoms with Crippen LogP contribution < -0.4 is 26.0 Å². The number of thioether (sulfide) groups is 1. The fourth-order valence-electron chi connectivity index (χ4n) is 7.08. The second-order valence-corrected chi connectivity index (χ2v) is 16.4. The van der Waals surface area contributed by atoms with Crippen molar-refractivity contribution in [1.29, 1.82) is 0 Å². The van der Waals surface area contributed by atoms with Gasteiger partial charge in [-0.1, -0.05) is 49.1 Å². The van der Waals surface area contributed by atoms with Gasteiger partial charge >= 0.3 is 18.0 Å². The predicted octanol–water partition coefficient (Wildman–Crippen LogP) is 4.97. The maximum absolute atomic E-state index is 13.4. The van der Waals surface area contributed by atoms with Crippen LogP contribution in [-0.4, -0.2) is 95.2 Å². The molecule has 0 spiro atoms. The number of epoxide rings is 1. The summed E-state index contributed by atoms with van der Waals surface area (Å²) in [6.07, 6.45) is 13.4. The van der Waals surface area contributed by atoms with Gasteiger partial charge in [-0.3, -0.25) is 19.2 Å². The second-order valence-electron chi connectivity index (χ2n) is 14.7.